The molecular formula is C25H28N3O3+. The highest BCUT2D eigenvalue weighted by Gasteiger charge is 2.29. The van der Waals surface area contributed by atoms with Gasteiger partial charge in [-0.3, -0.25) is 9.59 Å². The fourth-order valence-corrected chi connectivity index (χ4v) is 3.95. The summed E-state index contributed by atoms with van der Waals surface area (Å²) in [5, 5.41) is 0. The molecule has 1 N–H and O–H groups in total. The molecule has 6 heteroatoms. The Balaban J connectivity index is 1.41. The molecule has 1 fully saturated rings. The van der Waals surface area contributed by atoms with E-state index in [4.69, 9.17) is 4.42 Å². The lowest BCUT2D eigenvalue weighted by Gasteiger charge is -2.32. The minimum absolute atomic E-state index is 0.0826. The summed E-state index contributed by atoms with van der Waals surface area (Å²) in [6, 6.07) is 21.5. The lowest BCUT2D eigenvalue weighted by atomic mass is 10.1. The van der Waals surface area contributed by atoms with Crippen LogP contribution in [0.3, 0.4) is 0 Å². The van der Waals surface area contributed by atoms with E-state index < -0.39 is 0 Å². The van der Waals surface area contributed by atoms with Crippen molar-refractivity contribution in [2.75, 3.05) is 37.6 Å². The number of piperazine rings is 1. The third kappa shape index (κ3) is 5.22. The number of aryl methyl sites for hydroxylation is 1. The van der Waals surface area contributed by atoms with Gasteiger partial charge in [-0.2, -0.15) is 0 Å². The van der Waals surface area contributed by atoms with Gasteiger partial charge in [0.25, 0.3) is 11.8 Å². The first-order chi connectivity index (χ1) is 15.1. The molecule has 0 unspecified atom stereocenters. The van der Waals surface area contributed by atoms with Gasteiger partial charge in [-0.25, -0.2) is 0 Å². The standard InChI is InChI=1S/C25H27N3O3/c1-20-7-5-10-22(17-20)28(18-21-8-3-2-4-9-21)24(29)19-26-12-14-27(15-13-26)25(30)23-11-6-16-31-23/h2-11,16-17H,12-15,18-19H2,1H3/p+1. The number of carbonyl (C=O) groups is 2. The van der Waals surface area contributed by atoms with Gasteiger partial charge < -0.3 is 19.1 Å². The largest absolute Gasteiger partial charge is 0.459 e. The van der Waals surface area contributed by atoms with Crippen LogP contribution in [0, 0.1) is 6.92 Å². The number of furan rings is 1. The van der Waals surface area contributed by atoms with Crippen LogP contribution in [0.15, 0.2) is 77.4 Å². The van der Waals surface area contributed by atoms with Crippen LogP contribution in [0.4, 0.5) is 5.69 Å². The van der Waals surface area contributed by atoms with E-state index in [1.807, 2.05) is 60.4 Å². The molecule has 1 aliphatic rings. The van der Waals surface area contributed by atoms with E-state index in [1.165, 1.54) is 11.2 Å². The van der Waals surface area contributed by atoms with Crippen LogP contribution in [0.25, 0.3) is 0 Å². The predicted molar refractivity (Wildman–Crippen MR) is 119 cm³/mol. The van der Waals surface area contributed by atoms with Gasteiger partial charge in [-0.05, 0) is 42.3 Å². The van der Waals surface area contributed by atoms with Gasteiger partial charge in [0, 0.05) is 5.69 Å². The zero-order valence-corrected chi connectivity index (χ0v) is 17.8. The molecule has 0 radical (unpaired) electrons. The Morgan fingerprint density at radius 1 is 1.00 bits per heavy atom. The maximum Gasteiger partial charge on any atom is 0.289 e. The molecule has 0 saturated carbocycles. The van der Waals surface area contributed by atoms with Gasteiger partial charge in [-0.1, -0.05) is 42.5 Å². The molecule has 0 atom stereocenters. The molecule has 2 amide bonds. The molecule has 3 aromatic rings. The molecule has 160 valence electrons. The van der Waals surface area contributed by atoms with Crippen LogP contribution < -0.4 is 9.80 Å². The van der Waals surface area contributed by atoms with Crippen molar-refractivity contribution >= 4 is 17.5 Å². The first-order valence-electron chi connectivity index (χ1n) is 10.7. The average molecular weight is 419 g/mol. The average Bonchev–Trinajstić information content (AvgIpc) is 3.33. The van der Waals surface area contributed by atoms with E-state index in [1.54, 1.807) is 17.0 Å². The Morgan fingerprint density at radius 2 is 1.77 bits per heavy atom. The zero-order valence-electron chi connectivity index (χ0n) is 17.8. The van der Waals surface area contributed by atoms with Gasteiger partial charge >= 0.3 is 0 Å². The molecule has 2 heterocycles. The van der Waals surface area contributed by atoms with Crippen LogP contribution in [-0.4, -0.2) is 49.4 Å². The summed E-state index contributed by atoms with van der Waals surface area (Å²) in [6.07, 6.45) is 1.51. The Labute approximate surface area is 182 Å². The lowest BCUT2D eigenvalue weighted by Crippen LogP contribution is -3.15. The van der Waals surface area contributed by atoms with Crippen molar-refractivity contribution in [2.45, 2.75) is 13.5 Å². The number of hydrogen-bond donors (Lipinski definition) is 1. The molecule has 4 rings (SSSR count). The van der Waals surface area contributed by atoms with Crippen molar-refractivity contribution in [3.05, 3.63) is 89.9 Å². The first kappa shape index (κ1) is 20.9. The summed E-state index contributed by atoms with van der Waals surface area (Å²) in [5.41, 5.74) is 3.14. The second kappa shape index (κ2) is 9.62. The van der Waals surface area contributed by atoms with Gasteiger partial charge in [0.2, 0.25) is 0 Å². The van der Waals surface area contributed by atoms with Crippen LogP contribution in [0.5, 0.6) is 0 Å². The molecule has 31 heavy (non-hydrogen) atoms. The molecule has 0 bridgehead atoms. The summed E-state index contributed by atoms with van der Waals surface area (Å²) in [6.45, 7) is 5.70. The fourth-order valence-electron chi connectivity index (χ4n) is 3.95. The van der Waals surface area contributed by atoms with Crippen molar-refractivity contribution in [3.63, 3.8) is 0 Å². The first-order valence-corrected chi connectivity index (χ1v) is 10.7. The van der Waals surface area contributed by atoms with Crippen molar-refractivity contribution in [1.82, 2.24) is 4.90 Å². The second-order valence-corrected chi connectivity index (χ2v) is 8.00. The summed E-state index contributed by atoms with van der Waals surface area (Å²) in [5.74, 6) is 0.379. The number of carbonyl (C=O) groups excluding carboxylic acids is 2. The lowest BCUT2D eigenvalue weighted by molar-refractivity contribution is -0.895. The number of amides is 2. The number of benzene rings is 2. The SMILES string of the molecule is Cc1cccc(N(Cc2ccccc2)C(=O)C[NH+]2CCN(C(=O)c3ccco3)CC2)c1. The van der Waals surface area contributed by atoms with Gasteiger partial charge in [0.1, 0.15) is 0 Å². The second-order valence-electron chi connectivity index (χ2n) is 8.00. The van der Waals surface area contributed by atoms with Crippen LogP contribution in [-0.2, 0) is 11.3 Å². The summed E-state index contributed by atoms with van der Waals surface area (Å²) in [7, 11) is 0. The highest BCUT2D eigenvalue weighted by molar-refractivity contribution is 5.94. The van der Waals surface area contributed by atoms with E-state index in [0.717, 1.165) is 29.9 Å². The Kier molecular flexibility index (Phi) is 6.48. The number of hydrogen-bond acceptors (Lipinski definition) is 3. The third-order valence-corrected chi connectivity index (χ3v) is 5.69. The van der Waals surface area contributed by atoms with Crippen molar-refractivity contribution in [2.24, 2.45) is 0 Å². The number of nitrogens with one attached hydrogen (secondary N) is 1. The molecule has 6 nitrogen and oxygen atoms in total. The number of quaternary nitrogens is 1. The molecule has 2 aromatic carbocycles. The Hall–Kier alpha value is -3.38. The van der Waals surface area contributed by atoms with E-state index >= 15 is 0 Å². The van der Waals surface area contributed by atoms with Crippen molar-refractivity contribution in [3.8, 4) is 0 Å². The maximum atomic E-state index is 13.3. The monoisotopic (exact) mass is 418 g/mol. The van der Waals surface area contributed by atoms with Crippen LogP contribution in [0.2, 0.25) is 0 Å². The van der Waals surface area contributed by atoms with Crippen LogP contribution in [0.1, 0.15) is 21.7 Å². The summed E-state index contributed by atoms with van der Waals surface area (Å²) in [4.78, 5) is 30.7. The predicted octanol–water partition coefficient (Wildman–Crippen LogP) is 2.16. The van der Waals surface area contributed by atoms with Crippen molar-refractivity contribution in [1.29, 1.82) is 0 Å². The summed E-state index contributed by atoms with van der Waals surface area (Å²) >= 11 is 0. The Morgan fingerprint density at radius 3 is 2.45 bits per heavy atom. The molecule has 0 aliphatic carbocycles. The fraction of sp³-hybridized carbons (Fsp3) is 0.280. The molecular weight excluding hydrogens is 390 g/mol. The molecule has 0 spiro atoms. The smallest absolute Gasteiger partial charge is 0.289 e. The van der Waals surface area contributed by atoms with E-state index in [0.29, 0.717) is 31.9 Å². The quantitative estimate of drug-likeness (QED) is 0.668. The highest BCUT2D eigenvalue weighted by atomic mass is 16.3. The van der Waals surface area contributed by atoms with E-state index in [-0.39, 0.29) is 11.8 Å². The molecule has 1 aliphatic heterocycles. The van der Waals surface area contributed by atoms with Crippen LogP contribution >= 0.6 is 0 Å². The summed E-state index contributed by atoms with van der Waals surface area (Å²) < 4.78 is 5.23. The zero-order chi connectivity index (χ0) is 21.6. The topological polar surface area (TPSA) is 58.2 Å². The van der Waals surface area contributed by atoms with Crippen molar-refractivity contribution < 1.29 is 18.9 Å². The molecule has 1 saturated heterocycles. The van der Waals surface area contributed by atoms with E-state index in [9.17, 15) is 9.59 Å². The van der Waals surface area contributed by atoms with Gasteiger partial charge in [0.15, 0.2) is 12.3 Å². The number of anilines is 1. The minimum Gasteiger partial charge on any atom is -0.459 e. The third-order valence-electron chi connectivity index (χ3n) is 5.69. The molecule has 1 aromatic heterocycles. The number of nitrogens with zero attached hydrogens (tertiary/aromatic N) is 2. The number of rotatable bonds is 6. The normalized spacial score (nSPS) is 14.4. The minimum atomic E-state index is -0.0826. The highest BCUT2D eigenvalue weighted by Crippen LogP contribution is 2.19. The Bertz CT molecular complexity index is 1010. The van der Waals surface area contributed by atoms with E-state index in [2.05, 4.69) is 6.07 Å². The maximum absolute atomic E-state index is 13.3. The van der Waals surface area contributed by atoms with Gasteiger partial charge in [0.05, 0.1) is 39.0 Å². The van der Waals surface area contributed by atoms with Gasteiger partial charge in [-0.15, -0.1) is 0 Å².